The van der Waals surface area contributed by atoms with Crippen LogP contribution in [0.2, 0.25) is 0 Å². The van der Waals surface area contributed by atoms with Crippen LogP contribution in [0.1, 0.15) is 71.7 Å². The molecule has 45 heavy (non-hydrogen) atoms. The molecule has 5 rings (SSSR count). The molecule has 1 fully saturated rings. The molecule has 4 aromatic rings. The third kappa shape index (κ3) is 6.30. The van der Waals surface area contributed by atoms with Crippen LogP contribution in [0.25, 0.3) is 21.9 Å². The molecule has 2 unspecified atom stereocenters. The smallest absolute Gasteiger partial charge is 0.420 e. The number of nitrogens with zero attached hydrogens (tertiary/aromatic N) is 5. The zero-order chi connectivity index (χ0) is 32.7. The Labute approximate surface area is 264 Å². The molecule has 1 aromatic carbocycles. The topological polar surface area (TPSA) is 106 Å². The first-order chi connectivity index (χ1) is 21.2. The minimum atomic E-state index is -0.788. The van der Waals surface area contributed by atoms with Crippen molar-refractivity contribution < 1.29 is 19.1 Å². The molecule has 0 spiro atoms. The zero-order valence-corrected chi connectivity index (χ0v) is 27.3. The molecule has 3 heterocycles. The Morgan fingerprint density at radius 3 is 2.18 bits per heavy atom. The van der Waals surface area contributed by atoms with Crippen molar-refractivity contribution in [3.05, 3.63) is 71.7 Å². The molecule has 2 atom stereocenters. The van der Waals surface area contributed by atoms with E-state index in [4.69, 9.17) is 16.0 Å². The molecule has 0 radical (unpaired) electrons. The first kappa shape index (κ1) is 31.8. The van der Waals surface area contributed by atoms with Crippen molar-refractivity contribution in [3.63, 3.8) is 0 Å². The average Bonchev–Trinajstić information content (AvgIpc) is 3.54. The number of ether oxygens (including phenoxy) is 2. The van der Waals surface area contributed by atoms with Crippen molar-refractivity contribution in [2.24, 2.45) is 28.6 Å². The highest BCUT2D eigenvalue weighted by molar-refractivity contribution is 6.05. The highest BCUT2D eigenvalue weighted by Gasteiger charge is 2.48. The van der Waals surface area contributed by atoms with Gasteiger partial charge in [0.15, 0.2) is 5.82 Å². The predicted molar refractivity (Wildman–Crippen MR) is 173 cm³/mol. The lowest BCUT2D eigenvalue weighted by atomic mass is 9.59. The number of aromatic amines is 1. The molecule has 1 aliphatic rings. The maximum Gasteiger partial charge on any atom is 0.420 e. The quantitative estimate of drug-likeness (QED) is 0.180. The van der Waals surface area contributed by atoms with Gasteiger partial charge in [-0.2, -0.15) is 4.52 Å². The fourth-order valence-electron chi connectivity index (χ4n) is 6.44. The predicted octanol–water partition coefficient (Wildman–Crippen LogP) is 8.19. The zero-order valence-electron chi connectivity index (χ0n) is 27.3. The van der Waals surface area contributed by atoms with Crippen LogP contribution in [-0.2, 0) is 4.74 Å². The van der Waals surface area contributed by atoms with Gasteiger partial charge in [-0.15, -0.1) is 5.10 Å². The van der Waals surface area contributed by atoms with E-state index < -0.39 is 12.1 Å². The first-order valence-corrected chi connectivity index (χ1v) is 15.4. The molecule has 1 aliphatic carbocycles. The number of H-pyrrole nitrogens is 1. The second kappa shape index (κ2) is 12.0. The van der Waals surface area contributed by atoms with Crippen LogP contribution in [0, 0.1) is 35.2 Å². The van der Waals surface area contributed by atoms with E-state index in [2.05, 4.69) is 68.4 Å². The minimum Gasteiger partial charge on any atom is -0.459 e. The van der Waals surface area contributed by atoms with Crippen molar-refractivity contribution in [3.8, 4) is 17.3 Å². The van der Waals surface area contributed by atoms with Crippen LogP contribution in [0.5, 0.6) is 5.88 Å². The van der Waals surface area contributed by atoms with Crippen LogP contribution in [0.3, 0.4) is 0 Å². The lowest BCUT2D eigenvalue weighted by molar-refractivity contribution is -0.0922. The van der Waals surface area contributed by atoms with Gasteiger partial charge in [0.05, 0.1) is 6.57 Å². The number of esters is 1. The number of aromatic nitrogens is 4. The number of carbonyl (C=O) groups excluding carboxylic acids is 2. The molecule has 1 N–H and O–H groups in total. The second-order valence-corrected chi connectivity index (χ2v) is 14.2. The number of nitrogens with one attached hydrogen (secondary N) is 1. The Balaban J connectivity index is 1.61. The van der Waals surface area contributed by atoms with Crippen molar-refractivity contribution in [2.75, 3.05) is 11.9 Å². The monoisotopic (exact) mass is 610 g/mol. The number of fused-ring (bicyclic) bond motifs is 1. The lowest BCUT2D eigenvalue weighted by Crippen LogP contribution is -2.49. The van der Waals surface area contributed by atoms with Crippen LogP contribution < -0.4 is 9.64 Å². The molecule has 10 heteroatoms. The summed E-state index contributed by atoms with van der Waals surface area (Å²) in [6.45, 7) is 23.5. The second-order valence-electron chi connectivity index (χ2n) is 14.2. The average molecular weight is 611 g/mol. The van der Waals surface area contributed by atoms with Crippen LogP contribution >= 0.6 is 0 Å². The van der Waals surface area contributed by atoms with E-state index in [9.17, 15) is 9.59 Å². The summed E-state index contributed by atoms with van der Waals surface area (Å²) in [5, 5.41) is 4.64. The summed E-state index contributed by atoms with van der Waals surface area (Å²) in [6.07, 6.45) is 2.26. The molecule has 0 aliphatic heterocycles. The molecule has 0 saturated heterocycles. The number of anilines is 1. The summed E-state index contributed by atoms with van der Waals surface area (Å²) in [4.78, 5) is 40.0. The molecule has 0 bridgehead atoms. The molecule has 3 aromatic heterocycles. The largest absolute Gasteiger partial charge is 0.459 e. The highest BCUT2D eigenvalue weighted by atomic mass is 16.6. The maximum atomic E-state index is 14.3. The number of rotatable bonds is 5. The summed E-state index contributed by atoms with van der Waals surface area (Å²) in [6, 6.07) is 14.5. The fourth-order valence-corrected chi connectivity index (χ4v) is 6.44. The summed E-state index contributed by atoms with van der Waals surface area (Å²) >= 11 is 0. The summed E-state index contributed by atoms with van der Waals surface area (Å²) in [5.41, 5.74) is 0.582. The lowest BCUT2D eigenvalue weighted by Gasteiger charge is -2.50. The first-order valence-electron chi connectivity index (χ1n) is 15.4. The summed E-state index contributed by atoms with van der Waals surface area (Å²) in [7, 11) is 1.52. The molecule has 10 nitrogen and oxygen atoms in total. The van der Waals surface area contributed by atoms with Crippen LogP contribution in [-0.4, -0.2) is 44.8 Å². The number of hydrogen-bond acceptors (Lipinski definition) is 6. The molecular formula is C35H42N6O4. The number of carbonyl (C=O) groups is 2. The van der Waals surface area contributed by atoms with E-state index in [1.165, 1.54) is 16.5 Å². The normalized spacial score (nSPS) is 20.4. The van der Waals surface area contributed by atoms with E-state index in [0.29, 0.717) is 17.6 Å². The molecular weight excluding hydrogens is 568 g/mol. The van der Waals surface area contributed by atoms with Gasteiger partial charge in [-0.05, 0) is 41.7 Å². The molecule has 1 saturated carbocycles. The Morgan fingerprint density at radius 1 is 1.00 bits per heavy atom. The Morgan fingerprint density at radius 2 is 1.62 bits per heavy atom. The number of benzene rings is 1. The van der Waals surface area contributed by atoms with Gasteiger partial charge < -0.3 is 14.5 Å². The summed E-state index contributed by atoms with van der Waals surface area (Å²) in [5.74, 6) is 0.680. The third-order valence-corrected chi connectivity index (χ3v) is 8.90. The van der Waals surface area contributed by atoms with Crippen molar-refractivity contribution in [1.29, 1.82) is 0 Å². The van der Waals surface area contributed by atoms with E-state index in [1.54, 1.807) is 24.4 Å². The van der Waals surface area contributed by atoms with Crippen molar-refractivity contribution in [1.82, 2.24) is 19.6 Å². The number of amides is 1. The van der Waals surface area contributed by atoms with Gasteiger partial charge in [-0.3, -0.25) is 4.90 Å². The van der Waals surface area contributed by atoms with Crippen molar-refractivity contribution in [2.45, 2.75) is 67.4 Å². The van der Waals surface area contributed by atoms with E-state index in [-0.39, 0.29) is 51.5 Å². The van der Waals surface area contributed by atoms with Gasteiger partial charge in [-0.25, -0.2) is 19.4 Å². The highest BCUT2D eigenvalue weighted by Crippen LogP contribution is 2.50. The van der Waals surface area contributed by atoms with Crippen molar-refractivity contribution >= 4 is 29.2 Å². The maximum absolute atomic E-state index is 14.3. The van der Waals surface area contributed by atoms with Crippen LogP contribution in [0.4, 0.5) is 16.3 Å². The third-order valence-electron chi connectivity index (χ3n) is 8.90. The Bertz CT molecular complexity index is 1700. The Kier molecular flexibility index (Phi) is 8.49. The minimum absolute atomic E-state index is 0.0121. The standard InChI is InChI=1S/C35H42N6O4/c1-21-19-23(34(2,3)4)28(24(20-21)35(5,6)7)44-32(42)26-27(36-8)31(45-33(43)40(9)25-17-13-14-18-37-25)41-30(26)38-29(39-41)22-15-11-10-12-16-22/h10-18,21,23-24,28H,19-20H2,1-7,9H3,(H,38,39). The van der Waals surface area contributed by atoms with Gasteiger partial charge in [-0.1, -0.05) is 84.9 Å². The SMILES string of the molecule is [C-]#[N+]c1c(C(=O)OC2C(C(C)(C)C)CC(C)CC2C(C)(C)C)c2[nH]c(-c3ccccc3)nn2c1OC(=O)N(C)c1ccccn1. The van der Waals surface area contributed by atoms with Gasteiger partial charge in [0, 0.05) is 30.6 Å². The van der Waals surface area contributed by atoms with Crippen LogP contribution in [0.15, 0.2) is 54.7 Å². The fraction of sp³-hybridized carbons (Fsp3) is 0.457. The Hall–Kier alpha value is -4.65. The van der Waals surface area contributed by atoms with E-state index in [1.807, 2.05) is 30.3 Å². The molecule has 1 amide bonds. The number of pyridine rings is 1. The van der Waals surface area contributed by atoms with Gasteiger partial charge in [0.25, 0.3) is 5.69 Å². The molecule has 236 valence electrons. The van der Waals surface area contributed by atoms with Gasteiger partial charge >= 0.3 is 12.1 Å². The van der Waals surface area contributed by atoms with E-state index in [0.717, 1.165) is 18.4 Å². The van der Waals surface area contributed by atoms with Gasteiger partial charge in [0.1, 0.15) is 23.1 Å². The van der Waals surface area contributed by atoms with E-state index >= 15 is 0 Å². The summed E-state index contributed by atoms with van der Waals surface area (Å²) < 4.78 is 13.6. The number of hydrogen-bond donors (Lipinski definition) is 1. The van der Waals surface area contributed by atoms with Gasteiger partial charge in [0.2, 0.25) is 5.88 Å².